The van der Waals surface area contributed by atoms with Crippen molar-refractivity contribution in [2.45, 2.75) is 97.1 Å². The van der Waals surface area contributed by atoms with Gasteiger partial charge in [0.1, 0.15) is 5.82 Å². The van der Waals surface area contributed by atoms with Crippen molar-refractivity contribution in [3.63, 3.8) is 0 Å². The number of allylic oxidation sites excluding steroid dienone is 10. The number of piperazine rings is 1. The van der Waals surface area contributed by atoms with E-state index < -0.39 is 18.2 Å². The van der Waals surface area contributed by atoms with E-state index in [9.17, 15) is 14.4 Å². The number of rotatable bonds is 23. The van der Waals surface area contributed by atoms with Gasteiger partial charge in [0.15, 0.2) is 0 Å². The average molecular weight is 828 g/mol. The Kier molecular flexibility index (Phi) is 18.8. The molecule has 0 saturated carbocycles. The highest BCUT2D eigenvalue weighted by atomic mass is 35.5. The lowest BCUT2D eigenvalue weighted by atomic mass is 10.1. The van der Waals surface area contributed by atoms with Gasteiger partial charge >= 0.3 is 11.9 Å². The van der Waals surface area contributed by atoms with Gasteiger partial charge in [-0.1, -0.05) is 110 Å². The zero-order valence-electron chi connectivity index (χ0n) is 34.2. The molecule has 310 valence electrons. The Bertz CT molecular complexity index is 1940. The lowest BCUT2D eigenvalue weighted by Crippen LogP contribution is -2.47. The molecule has 0 aliphatic carbocycles. The number of fused-ring (bicyclic) bond motifs is 2. The predicted octanol–water partition coefficient (Wildman–Crippen LogP) is 10.3. The van der Waals surface area contributed by atoms with E-state index in [0.29, 0.717) is 23.6 Å². The van der Waals surface area contributed by atoms with Gasteiger partial charge in [-0.2, -0.15) is 4.37 Å². The zero-order valence-corrected chi connectivity index (χ0v) is 35.7. The zero-order chi connectivity index (χ0) is 41.0. The number of halogens is 1. The molecule has 58 heavy (non-hydrogen) atoms. The first-order chi connectivity index (χ1) is 28.4. The molecule has 1 fully saturated rings. The van der Waals surface area contributed by atoms with E-state index in [1.54, 1.807) is 24.5 Å². The van der Waals surface area contributed by atoms with Gasteiger partial charge < -0.3 is 14.4 Å². The Morgan fingerprint density at radius 2 is 1.52 bits per heavy atom. The minimum Gasteiger partial charge on any atom is -0.462 e. The standard InChI is InChI=1S/C47H59ClN4O5S/c1-3-5-6-7-8-9-10-11-12-13-14-15-16-17-18-19-20-21-22-27-44(54)57-46(47(55)56-4-2)52-41-36-40(48)37(34-38(41)35-43(52)53)28-29-50-30-32-51(33-31-50)45-39-25-23-24-26-42(39)58-49-45/h8-9,11-12,14-15,17-18,20-21,23-26,34,36,46H,3-7,10,13,16,19,22,27-33,35H2,1-2H3. The van der Waals surface area contributed by atoms with Gasteiger partial charge in [0.2, 0.25) is 5.91 Å². The van der Waals surface area contributed by atoms with Crippen molar-refractivity contribution in [2.75, 3.05) is 49.1 Å². The Morgan fingerprint density at radius 1 is 0.862 bits per heavy atom. The Morgan fingerprint density at radius 3 is 2.19 bits per heavy atom. The van der Waals surface area contributed by atoms with E-state index >= 15 is 0 Å². The van der Waals surface area contributed by atoms with Crippen LogP contribution in [0.4, 0.5) is 11.5 Å². The normalized spacial score (nSPS) is 15.7. The quantitative estimate of drug-likeness (QED) is 0.0530. The maximum absolute atomic E-state index is 13.4. The summed E-state index contributed by atoms with van der Waals surface area (Å²) in [7, 11) is 0. The number of unbranched alkanes of at least 4 members (excludes halogenated alkanes) is 3. The maximum Gasteiger partial charge on any atom is 0.369 e. The molecule has 9 nitrogen and oxygen atoms in total. The minimum atomic E-state index is -1.53. The van der Waals surface area contributed by atoms with Crippen molar-refractivity contribution >= 4 is 62.6 Å². The molecule has 3 heterocycles. The fourth-order valence-electron chi connectivity index (χ4n) is 7.05. The van der Waals surface area contributed by atoms with Gasteiger partial charge in [-0.3, -0.25) is 19.4 Å². The number of esters is 2. The van der Waals surface area contributed by atoms with Crippen molar-refractivity contribution in [1.29, 1.82) is 0 Å². The van der Waals surface area contributed by atoms with Crippen LogP contribution < -0.4 is 9.80 Å². The largest absolute Gasteiger partial charge is 0.462 e. The lowest BCUT2D eigenvalue weighted by molar-refractivity contribution is -0.168. The summed E-state index contributed by atoms with van der Waals surface area (Å²) in [4.78, 5) is 45.4. The van der Waals surface area contributed by atoms with Crippen LogP contribution in [0.25, 0.3) is 10.1 Å². The molecule has 0 radical (unpaired) electrons. The molecule has 1 aromatic heterocycles. The van der Waals surface area contributed by atoms with Gasteiger partial charge in [0.25, 0.3) is 6.23 Å². The summed E-state index contributed by atoms with van der Waals surface area (Å²) in [6, 6.07) is 12.0. The number of benzene rings is 2. The number of ether oxygens (including phenoxy) is 2. The number of carbonyl (C=O) groups excluding carboxylic acids is 3. The van der Waals surface area contributed by atoms with E-state index in [4.69, 9.17) is 25.4 Å². The molecule has 2 aliphatic heterocycles. The highest BCUT2D eigenvalue weighted by molar-refractivity contribution is 7.13. The first-order valence-electron chi connectivity index (χ1n) is 21.0. The number of hydrogen-bond acceptors (Lipinski definition) is 9. The Labute approximate surface area is 353 Å². The molecule has 2 aliphatic rings. The summed E-state index contributed by atoms with van der Waals surface area (Å²) >= 11 is 8.35. The van der Waals surface area contributed by atoms with Crippen molar-refractivity contribution in [3.8, 4) is 0 Å². The third-order valence-electron chi connectivity index (χ3n) is 10.2. The van der Waals surface area contributed by atoms with Crippen LogP contribution in [-0.4, -0.2) is 72.7 Å². The maximum atomic E-state index is 13.4. The summed E-state index contributed by atoms with van der Waals surface area (Å²) in [5, 5.41) is 1.70. The van der Waals surface area contributed by atoms with Crippen LogP contribution in [0.15, 0.2) is 97.2 Å². The minimum absolute atomic E-state index is 0.0598. The fraction of sp³-hybridized carbons (Fsp3) is 0.447. The van der Waals surface area contributed by atoms with Crippen LogP contribution in [-0.2, 0) is 36.7 Å². The van der Waals surface area contributed by atoms with E-state index in [0.717, 1.165) is 75.4 Å². The van der Waals surface area contributed by atoms with Crippen LogP contribution in [0.3, 0.4) is 0 Å². The van der Waals surface area contributed by atoms with Crippen molar-refractivity contribution in [3.05, 3.63) is 113 Å². The van der Waals surface area contributed by atoms with Crippen LogP contribution in [0.2, 0.25) is 5.02 Å². The van der Waals surface area contributed by atoms with Crippen LogP contribution >= 0.6 is 23.1 Å². The molecule has 1 saturated heterocycles. The van der Waals surface area contributed by atoms with Gasteiger partial charge in [-0.15, -0.1) is 0 Å². The molecule has 0 bridgehead atoms. The SMILES string of the molecule is CCCCCC=CCC=CCC=CCC=CCC=CCCC(=O)OC(C(=O)OCC)N1C(=O)Cc2cc(CCN3CCN(c4nsc5ccccc45)CC3)c(Cl)cc21. The summed E-state index contributed by atoms with van der Waals surface area (Å²) < 4.78 is 16.8. The fourth-order valence-corrected chi connectivity index (χ4v) is 8.10. The highest BCUT2D eigenvalue weighted by Crippen LogP contribution is 2.36. The van der Waals surface area contributed by atoms with Crippen LogP contribution in [0, 0.1) is 0 Å². The molecule has 0 N–H and O–H groups in total. The van der Waals surface area contributed by atoms with Gasteiger partial charge in [0.05, 0.1) is 23.4 Å². The van der Waals surface area contributed by atoms with Crippen molar-refractivity contribution < 1.29 is 23.9 Å². The molecule has 1 unspecified atom stereocenters. The van der Waals surface area contributed by atoms with E-state index in [2.05, 4.69) is 83.5 Å². The number of hydrogen-bond donors (Lipinski definition) is 0. The van der Waals surface area contributed by atoms with Crippen LogP contribution in [0.5, 0.6) is 0 Å². The average Bonchev–Trinajstić information content (AvgIpc) is 3.80. The predicted molar refractivity (Wildman–Crippen MR) is 239 cm³/mol. The Hall–Kier alpha value is -4.51. The molecule has 3 aromatic rings. The summed E-state index contributed by atoms with van der Waals surface area (Å²) in [6.07, 6.45) is 29.7. The van der Waals surface area contributed by atoms with Gasteiger partial charge in [0, 0.05) is 49.6 Å². The first-order valence-corrected chi connectivity index (χ1v) is 22.1. The number of aromatic nitrogens is 1. The van der Waals surface area contributed by atoms with E-state index in [1.165, 1.54) is 40.7 Å². The number of amides is 1. The third kappa shape index (κ3) is 13.5. The van der Waals surface area contributed by atoms with Gasteiger partial charge in [-0.25, -0.2) is 4.79 Å². The van der Waals surface area contributed by atoms with E-state index in [1.807, 2.05) is 24.3 Å². The number of nitrogens with zero attached hydrogens (tertiary/aromatic N) is 4. The lowest BCUT2D eigenvalue weighted by Gasteiger charge is -2.35. The number of anilines is 2. The molecule has 5 rings (SSSR count). The Balaban J connectivity index is 1.04. The van der Waals surface area contributed by atoms with Crippen molar-refractivity contribution in [2.24, 2.45) is 0 Å². The highest BCUT2D eigenvalue weighted by Gasteiger charge is 2.41. The van der Waals surface area contributed by atoms with E-state index in [-0.39, 0.29) is 25.4 Å². The van der Waals surface area contributed by atoms with Gasteiger partial charge in [-0.05, 0) is 99.1 Å². The first kappa shape index (κ1) is 44.6. The number of carbonyl (C=O) groups is 3. The molecule has 1 atom stereocenters. The molecule has 0 spiro atoms. The van der Waals surface area contributed by atoms with Crippen molar-refractivity contribution in [1.82, 2.24) is 9.27 Å². The van der Waals surface area contributed by atoms with Crippen LogP contribution in [0.1, 0.15) is 89.2 Å². The second kappa shape index (κ2) is 24.4. The molecule has 2 aromatic carbocycles. The molecule has 11 heteroatoms. The summed E-state index contributed by atoms with van der Waals surface area (Å²) in [6.45, 7) is 8.41. The summed E-state index contributed by atoms with van der Waals surface area (Å²) in [5.74, 6) is -0.668. The molecular weight excluding hydrogens is 768 g/mol. The smallest absolute Gasteiger partial charge is 0.369 e. The third-order valence-corrected chi connectivity index (χ3v) is 11.4. The monoisotopic (exact) mass is 826 g/mol. The molecule has 1 amide bonds. The second-order valence-electron chi connectivity index (χ2n) is 14.5. The topological polar surface area (TPSA) is 92.3 Å². The summed E-state index contributed by atoms with van der Waals surface area (Å²) in [5.41, 5.74) is 2.15. The second-order valence-corrected chi connectivity index (χ2v) is 15.7. The molecular formula is C47H59ClN4O5S.